The van der Waals surface area contributed by atoms with Gasteiger partial charge in [0.25, 0.3) is 0 Å². The van der Waals surface area contributed by atoms with Crippen molar-refractivity contribution in [2.75, 3.05) is 5.32 Å². The number of hydrogen-bond acceptors (Lipinski definition) is 3. The number of nitrogens with one attached hydrogen (secondary N) is 1. The minimum atomic E-state index is 0.0392. The number of nitrogens with zero attached hydrogens (tertiary/aromatic N) is 2. The number of fused-ring (bicyclic) bond motifs is 1. The first-order valence-electron chi connectivity index (χ1n) is 9.43. The molecule has 4 heteroatoms. The van der Waals surface area contributed by atoms with Crippen LogP contribution < -0.4 is 5.32 Å². The summed E-state index contributed by atoms with van der Waals surface area (Å²) in [5.74, 6) is 0.430. The number of carbonyl (C=O) groups excluding carboxylic acids is 1. The van der Waals surface area contributed by atoms with Crippen LogP contribution in [0.3, 0.4) is 0 Å². The third kappa shape index (κ3) is 3.25. The number of aromatic nitrogens is 2. The number of carbonyl (C=O) groups is 1. The van der Waals surface area contributed by atoms with Crippen molar-refractivity contribution < 1.29 is 4.79 Å². The van der Waals surface area contributed by atoms with E-state index in [0.717, 1.165) is 34.0 Å². The Kier molecular flexibility index (Phi) is 4.09. The molecule has 28 heavy (non-hydrogen) atoms. The van der Waals surface area contributed by atoms with Crippen LogP contribution >= 0.6 is 0 Å². The monoisotopic (exact) mass is 365 g/mol. The summed E-state index contributed by atoms with van der Waals surface area (Å²) >= 11 is 0. The van der Waals surface area contributed by atoms with E-state index in [2.05, 4.69) is 45.6 Å². The fourth-order valence-electron chi connectivity index (χ4n) is 3.71. The highest BCUT2D eigenvalue weighted by Gasteiger charge is 2.43. The Hall–Kier alpha value is -3.53. The first-order chi connectivity index (χ1) is 13.8. The van der Waals surface area contributed by atoms with E-state index in [1.165, 1.54) is 5.56 Å². The minimum absolute atomic E-state index is 0.0392. The highest BCUT2D eigenvalue weighted by Crippen LogP contribution is 2.48. The van der Waals surface area contributed by atoms with Crippen molar-refractivity contribution in [2.24, 2.45) is 5.92 Å². The summed E-state index contributed by atoms with van der Waals surface area (Å²) in [5, 5.41) is 5.21. The van der Waals surface area contributed by atoms with E-state index in [0.29, 0.717) is 5.92 Å². The lowest BCUT2D eigenvalue weighted by Gasteiger charge is -2.07. The standard InChI is InChI=1S/C24H19N3O/c28-24(27-21-8-7-20-15-26-11-9-18(20)12-21)23-13-22(23)17-5-3-16(4-6-17)19-2-1-10-25-14-19/h1-12,14-15,22-23H,13H2,(H,27,28)/t22-,23+/m0/s1. The highest BCUT2D eigenvalue weighted by molar-refractivity contribution is 5.97. The number of amides is 1. The van der Waals surface area contributed by atoms with E-state index >= 15 is 0 Å². The van der Waals surface area contributed by atoms with Gasteiger partial charge in [-0.15, -0.1) is 0 Å². The summed E-state index contributed by atoms with van der Waals surface area (Å²) in [5.41, 5.74) is 4.30. The van der Waals surface area contributed by atoms with Gasteiger partial charge in [0.1, 0.15) is 0 Å². The van der Waals surface area contributed by atoms with Gasteiger partial charge < -0.3 is 5.32 Å². The second-order valence-electron chi connectivity index (χ2n) is 7.24. The minimum Gasteiger partial charge on any atom is -0.326 e. The van der Waals surface area contributed by atoms with Gasteiger partial charge in [0, 0.05) is 41.8 Å². The molecule has 0 spiro atoms. The van der Waals surface area contributed by atoms with E-state index in [1.807, 2.05) is 42.7 Å². The van der Waals surface area contributed by atoms with Crippen molar-refractivity contribution >= 4 is 22.4 Å². The molecule has 2 aromatic carbocycles. The Morgan fingerprint density at radius 2 is 1.71 bits per heavy atom. The van der Waals surface area contributed by atoms with Crippen LogP contribution in [-0.4, -0.2) is 15.9 Å². The van der Waals surface area contributed by atoms with E-state index in [4.69, 9.17) is 0 Å². The van der Waals surface area contributed by atoms with Gasteiger partial charge in [-0.25, -0.2) is 0 Å². The predicted octanol–water partition coefficient (Wildman–Crippen LogP) is 5.04. The van der Waals surface area contributed by atoms with Gasteiger partial charge in [0.2, 0.25) is 5.91 Å². The van der Waals surface area contributed by atoms with Gasteiger partial charge in [0.05, 0.1) is 0 Å². The van der Waals surface area contributed by atoms with Crippen LogP contribution in [0.5, 0.6) is 0 Å². The lowest BCUT2D eigenvalue weighted by atomic mass is 10.0. The molecule has 2 atom stereocenters. The SMILES string of the molecule is O=C(Nc1ccc2cnccc2c1)[C@@H]1C[C@H]1c1ccc(-c2cccnc2)cc1. The predicted molar refractivity (Wildman–Crippen MR) is 111 cm³/mol. The van der Waals surface area contributed by atoms with E-state index in [9.17, 15) is 4.79 Å². The molecule has 1 aliphatic carbocycles. The lowest BCUT2D eigenvalue weighted by Crippen LogP contribution is -2.14. The van der Waals surface area contributed by atoms with Gasteiger partial charge in [-0.2, -0.15) is 0 Å². The number of pyridine rings is 2. The lowest BCUT2D eigenvalue weighted by molar-refractivity contribution is -0.117. The van der Waals surface area contributed by atoms with Crippen molar-refractivity contribution in [3.05, 3.63) is 91.0 Å². The number of hydrogen-bond donors (Lipinski definition) is 1. The maximum Gasteiger partial charge on any atom is 0.228 e. The van der Waals surface area contributed by atoms with Crippen LogP contribution in [0.4, 0.5) is 5.69 Å². The molecule has 0 aliphatic heterocycles. The summed E-state index contributed by atoms with van der Waals surface area (Å²) in [6.07, 6.45) is 8.13. The molecule has 1 aliphatic rings. The molecular weight excluding hydrogens is 346 g/mol. The molecule has 0 bridgehead atoms. The molecule has 0 saturated heterocycles. The Morgan fingerprint density at radius 1 is 0.857 bits per heavy atom. The van der Waals surface area contributed by atoms with Crippen LogP contribution in [0.1, 0.15) is 17.9 Å². The van der Waals surface area contributed by atoms with Crippen LogP contribution in [0.2, 0.25) is 0 Å². The van der Waals surface area contributed by atoms with E-state index < -0.39 is 0 Å². The van der Waals surface area contributed by atoms with Gasteiger partial charge in [-0.3, -0.25) is 14.8 Å². The molecule has 1 N–H and O–H groups in total. The molecule has 1 saturated carbocycles. The van der Waals surface area contributed by atoms with Gasteiger partial charge in [-0.1, -0.05) is 36.4 Å². The van der Waals surface area contributed by atoms with Crippen molar-refractivity contribution in [1.82, 2.24) is 9.97 Å². The molecule has 1 amide bonds. The Balaban J connectivity index is 1.26. The highest BCUT2D eigenvalue weighted by atomic mass is 16.2. The van der Waals surface area contributed by atoms with Crippen LogP contribution in [-0.2, 0) is 4.79 Å². The van der Waals surface area contributed by atoms with E-state index in [-0.39, 0.29) is 11.8 Å². The molecule has 4 aromatic rings. The summed E-state index contributed by atoms with van der Waals surface area (Å²) in [4.78, 5) is 20.9. The smallest absolute Gasteiger partial charge is 0.228 e. The Morgan fingerprint density at radius 3 is 2.54 bits per heavy atom. The fraction of sp³-hybridized carbons (Fsp3) is 0.125. The zero-order valence-corrected chi connectivity index (χ0v) is 15.2. The molecule has 2 aromatic heterocycles. The van der Waals surface area contributed by atoms with Gasteiger partial charge in [-0.05, 0) is 58.7 Å². The number of benzene rings is 2. The first-order valence-corrected chi connectivity index (χ1v) is 9.43. The number of rotatable bonds is 4. The average Bonchev–Trinajstić information content (AvgIpc) is 3.56. The third-order valence-electron chi connectivity index (χ3n) is 5.37. The molecule has 2 heterocycles. The average molecular weight is 365 g/mol. The van der Waals surface area contributed by atoms with Crippen LogP contribution in [0.25, 0.3) is 21.9 Å². The molecule has 4 nitrogen and oxygen atoms in total. The molecule has 0 unspecified atom stereocenters. The molecule has 5 rings (SSSR count). The summed E-state index contributed by atoms with van der Waals surface area (Å²) in [7, 11) is 0. The quantitative estimate of drug-likeness (QED) is 0.551. The number of anilines is 1. The molecular formula is C24H19N3O. The maximum absolute atomic E-state index is 12.7. The zero-order chi connectivity index (χ0) is 18.9. The maximum atomic E-state index is 12.7. The van der Waals surface area contributed by atoms with Crippen LogP contribution in [0, 0.1) is 5.92 Å². The summed E-state index contributed by atoms with van der Waals surface area (Å²) < 4.78 is 0. The summed E-state index contributed by atoms with van der Waals surface area (Å²) in [6.45, 7) is 0. The zero-order valence-electron chi connectivity index (χ0n) is 15.2. The topological polar surface area (TPSA) is 54.9 Å². The molecule has 136 valence electrons. The Labute approximate surface area is 163 Å². The van der Waals surface area contributed by atoms with Crippen molar-refractivity contribution in [1.29, 1.82) is 0 Å². The van der Waals surface area contributed by atoms with Crippen molar-refractivity contribution in [3.63, 3.8) is 0 Å². The fourth-order valence-corrected chi connectivity index (χ4v) is 3.71. The second kappa shape index (κ2) is 6.89. The normalized spacial score (nSPS) is 18.0. The summed E-state index contributed by atoms with van der Waals surface area (Å²) in [6, 6.07) is 20.3. The Bertz CT molecular complexity index is 1140. The molecule has 1 fully saturated rings. The van der Waals surface area contributed by atoms with Crippen molar-refractivity contribution in [3.8, 4) is 11.1 Å². The van der Waals surface area contributed by atoms with Gasteiger partial charge >= 0.3 is 0 Å². The second-order valence-corrected chi connectivity index (χ2v) is 7.24. The van der Waals surface area contributed by atoms with Crippen molar-refractivity contribution in [2.45, 2.75) is 12.3 Å². The molecule has 0 radical (unpaired) electrons. The third-order valence-corrected chi connectivity index (χ3v) is 5.37. The van der Waals surface area contributed by atoms with Crippen LogP contribution in [0.15, 0.2) is 85.5 Å². The van der Waals surface area contributed by atoms with E-state index in [1.54, 1.807) is 12.4 Å². The first kappa shape index (κ1) is 16.6. The van der Waals surface area contributed by atoms with Gasteiger partial charge in [0.15, 0.2) is 0 Å². The largest absolute Gasteiger partial charge is 0.326 e.